The van der Waals surface area contributed by atoms with Crippen LogP contribution in [-0.4, -0.2) is 26.2 Å². The molecule has 0 aliphatic heterocycles. The van der Waals surface area contributed by atoms with E-state index in [1.807, 2.05) is 18.2 Å². The lowest BCUT2D eigenvalue weighted by atomic mass is 10.3. The Labute approximate surface area is 123 Å². The van der Waals surface area contributed by atoms with E-state index in [-0.39, 0.29) is 0 Å². The van der Waals surface area contributed by atoms with Crippen molar-refractivity contribution in [2.75, 3.05) is 25.6 Å². The number of nitrogens with zero attached hydrogens (tertiary/aromatic N) is 1. The summed E-state index contributed by atoms with van der Waals surface area (Å²) >= 11 is 6.92. The molecule has 1 rings (SSSR count). The van der Waals surface area contributed by atoms with Crippen LogP contribution in [0.15, 0.2) is 32.1 Å². The fraction of sp³-hybridized carbons (Fsp3) is 0.364. The van der Waals surface area contributed by atoms with E-state index < -0.39 is 0 Å². The molecule has 1 aromatic rings. The van der Waals surface area contributed by atoms with E-state index in [0.29, 0.717) is 19.1 Å². The Morgan fingerprint density at radius 3 is 2.61 bits per heavy atom. The van der Waals surface area contributed by atoms with E-state index in [9.17, 15) is 0 Å². The van der Waals surface area contributed by atoms with Crippen molar-refractivity contribution in [1.82, 2.24) is 5.43 Å². The van der Waals surface area contributed by atoms with Crippen LogP contribution in [0.25, 0.3) is 0 Å². The van der Waals surface area contributed by atoms with Gasteiger partial charge in [-0.15, -0.1) is 0 Å². The molecule has 100 valence electrons. The average Bonchev–Trinajstić information content (AvgIpc) is 2.36. The van der Waals surface area contributed by atoms with Crippen LogP contribution in [0, 0.1) is 0 Å². The fourth-order valence-corrected chi connectivity index (χ4v) is 2.45. The molecule has 4 N–H and O–H groups in total. The van der Waals surface area contributed by atoms with E-state index in [1.54, 1.807) is 7.11 Å². The molecule has 0 heterocycles. The van der Waals surface area contributed by atoms with Gasteiger partial charge in [-0.1, -0.05) is 6.07 Å². The first-order valence-electron chi connectivity index (χ1n) is 5.40. The predicted octanol–water partition coefficient (Wildman–Crippen LogP) is 2.48. The number of guanidine groups is 1. The van der Waals surface area contributed by atoms with Gasteiger partial charge in [-0.05, 0) is 50.4 Å². The summed E-state index contributed by atoms with van der Waals surface area (Å²) in [7, 11) is 1.67. The average molecular weight is 380 g/mol. The molecule has 0 atom stereocenters. The first kappa shape index (κ1) is 15.4. The monoisotopic (exact) mass is 378 g/mol. The van der Waals surface area contributed by atoms with E-state index in [1.165, 1.54) is 0 Å². The van der Waals surface area contributed by atoms with Crippen molar-refractivity contribution < 1.29 is 4.74 Å². The normalized spacial score (nSPS) is 11.4. The van der Waals surface area contributed by atoms with Crippen LogP contribution in [-0.2, 0) is 4.74 Å². The van der Waals surface area contributed by atoms with E-state index in [2.05, 4.69) is 47.6 Å². The minimum Gasteiger partial charge on any atom is -0.385 e. The van der Waals surface area contributed by atoms with Gasteiger partial charge in [0.15, 0.2) is 0 Å². The van der Waals surface area contributed by atoms with Gasteiger partial charge in [0.1, 0.15) is 0 Å². The van der Waals surface area contributed by atoms with Crippen molar-refractivity contribution in [1.29, 1.82) is 0 Å². The van der Waals surface area contributed by atoms with Crippen LogP contribution >= 0.6 is 31.9 Å². The number of rotatable bonds is 5. The number of benzene rings is 1. The molecule has 0 aliphatic rings. The summed E-state index contributed by atoms with van der Waals surface area (Å²) in [6.45, 7) is 1.32. The number of ether oxygens (including phenoxy) is 1. The molecular weight excluding hydrogens is 364 g/mol. The Kier molecular flexibility index (Phi) is 7.26. The van der Waals surface area contributed by atoms with Gasteiger partial charge in [0.25, 0.3) is 0 Å². The summed E-state index contributed by atoms with van der Waals surface area (Å²) in [5.74, 6) is 5.94. The van der Waals surface area contributed by atoms with Gasteiger partial charge in [0, 0.05) is 29.2 Å². The summed E-state index contributed by atoms with van der Waals surface area (Å²) in [5.41, 5.74) is 3.41. The summed E-state index contributed by atoms with van der Waals surface area (Å²) < 4.78 is 6.81. The molecular formula is C11H16Br2N4O. The topological polar surface area (TPSA) is 71.7 Å². The SMILES string of the molecule is COCCCN=C(NN)Nc1c(Br)cccc1Br. The largest absolute Gasteiger partial charge is 0.385 e. The number of aliphatic imine (C=N–C) groups is 1. The van der Waals surface area contributed by atoms with E-state index in [4.69, 9.17) is 10.6 Å². The minimum absolute atomic E-state index is 0.513. The number of anilines is 1. The van der Waals surface area contributed by atoms with Crippen molar-refractivity contribution >= 4 is 43.5 Å². The Morgan fingerprint density at radius 1 is 1.39 bits per heavy atom. The van der Waals surface area contributed by atoms with Crippen LogP contribution in [0.1, 0.15) is 6.42 Å². The summed E-state index contributed by atoms with van der Waals surface area (Å²) in [4.78, 5) is 4.30. The first-order chi connectivity index (χ1) is 8.69. The van der Waals surface area contributed by atoms with Crippen molar-refractivity contribution in [3.63, 3.8) is 0 Å². The number of halogens is 2. The maximum Gasteiger partial charge on any atom is 0.210 e. The summed E-state index contributed by atoms with van der Waals surface area (Å²) in [6.07, 6.45) is 0.848. The second-order valence-corrected chi connectivity index (χ2v) is 5.15. The molecule has 0 unspecified atom stereocenters. The summed E-state index contributed by atoms with van der Waals surface area (Å²) in [5, 5.41) is 3.12. The molecule has 0 bridgehead atoms. The zero-order chi connectivity index (χ0) is 13.4. The Morgan fingerprint density at radius 2 is 2.06 bits per heavy atom. The van der Waals surface area contributed by atoms with Gasteiger partial charge in [-0.25, -0.2) is 5.84 Å². The lowest BCUT2D eigenvalue weighted by Gasteiger charge is -2.12. The highest BCUT2D eigenvalue weighted by Crippen LogP contribution is 2.30. The molecule has 0 aliphatic carbocycles. The molecule has 18 heavy (non-hydrogen) atoms. The number of methoxy groups -OCH3 is 1. The second-order valence-electron chi connectivity index (χ2n) is 3.44. The van der Waals surface area contributed by atoms with Crippen LogP contribution in [0.4, 0.5) is 5.69 Å². The van der Waals surface area contributed by atoms with Crippen LogP contribution < -0.4 is 16.6 Å². The highest BCUT2D eigenvalue weighted by Gasteiger charge is 2.06. The molecule has 5 nitrogen and oxygen atoms in total. The molecule has 0 saturated heterocycles. The number of para-hydroxylation sites is 1. The third kappa shape index (κ3) is 4.93. The molecule has 0 spiro atoms. The zero-order valence-electron chi connectivity index (χ0n) is 10.0. The second kappa shape index (κ2) is 8.47. The van der Waals surface area contributed by atoms with Crippen LogP contribution in [0.2, 0.25) is 0 Å². The third-order valence-corrected chi connectivity index (χ3v) is 3.44. The lowest BCUT2D eigenvalue weighted by molar-refractivity contribution is 0.197. The van der Waals surface area contributed by atoms with Crippen molar-refractivity contribution in [2.45, 2.75) is 6.42 Å². The van der Waals surface area contributed by atoms with Crippen molar-refractivity contribution in [2.24, 2.45) is 10.8 Å². The van der Waals surface area contributed by atoms with Gasteiger partial charge in [0.05, 0.1) is 5.69 Å². The lowest BCUT2D eigenvalue weighted by Crippen LogP contribution is -2.36. The van der Waals surface area contributed by atoms with E-state index in [0.717, 1.165) is 21.1 Å². The number of hydrazine groups is 1. The third-order valence-electron chi connectivity index (χ3n) is 2.12. The van der Waals surface area contributed by atoms with Gasteiger partial charge in [-0.3, -0.25) is 10.4 Å². The Hall–Kier alpha value is -0.630. The van der Waals surface area contributed by atoms with Gasteiger partial charge < -0.3 is 10.1 Å². The van der Waals surface area contributed by atoms with E-state index >= 15 is 0 Å². The highest BCUT2D eigenvalue weighted by atomic mass is 79.9. The predicted molar refractivity (Wildman–Crippen MR) is 81.6 cm³/mol. The van der Waals surface area contributed by atoms with Gasteiger partial charge in [-0.2, -0.15) is 0 Å². The Bertz CT molecular complexity index is 392. The zero-order valence-corrected chi connectivity index (χ0v) is 13.2. The fourth-order valence-electron chi connectivity index (χ4n) is 1.26. The summed E-state index contributed by atoms with van der Waals surface area (Å²) in [6, 6.07) is 5.81. The quantitative estimate of drug-likeness (QED) is 0.241. The van der Waals surface area contributed by atoms with Crippen LogP contribution in [0.3, 0.4) is 0 Å². The number of hydrogen-bond donors (Lipinski definition) is 3. The maximum atomic E-state index is 5.43. The molecule has 0 aromatic heterocycles. The maximum absolute atomic E-state index is 5.43. The number of nitrogens with one attached hydrogen (secondary N) is 2. The molecule has 0 amide bonds. The number of hydrogen-bond acceptors (Lipinski definition) is 3. The molecule has 0 radical (unpaired) electrons. The smallest absolute Gasteiger partial charge is 0.210 e. The highest BCUT2D eigenvalue weighted by molar-refractivity contribution is 9.11. The molecule has 7 heteroatoms. The van der Waals surface area contributed by atoms with Crippen molar-refractivity contribution in [3.05, 3.63) is 27.1 Å². The van der Waals surface area contributed by atoms with Gasteiger partial charge in [0.2, 0.25) is 5.96 Å². The van der Waals surface area contributed by atoms with Gasteiger partial charge >= 0.3 is 0 Å². The van der Waals surface area contributed by atoms with Crippen LogP contribution in [0.5, 0.6) is 0 Å². The molecule has 0 saturated carbocycles. The molecule has 0 fully saturated rings. The van der Waals surface area contributed by atoms with Crippen molar-refractivity contribution in [3.8, 4) is 0 Å². The minimum atomic E-state index is 0.513. The Balaban J connectivity index is 2.67. The molecule has 1 aromatic carbocycles. The first-order valence-corrected chi connectivity index (χ1v) is 6.98. The standard InChI is InChI=1S/C11H16Br2N4O/c1-18-7-3-6-15-11(17-14)16-10-8(12)4-2-5-9(10)13/h2,4-5H,3,6-7,14H2,1H3,(H2,15,16,17). The number of nitrogens with two attached hydrogens (primary N) is 1.